The number of nitrogens with one attached hydrogen (secondary N) is 1. The van der Waals surface area contributed by atoms with Gasteiger partial charge in [0.05, 0.1) is 0 Å². The molecule has 2 aliphatic rings. The van der Waals surface area contributed by atoms with Gasteiger partial charge in [-0.25, -0.2) is 0 Å². The molecule has 1 saturated carbocycles. The number of rotatable bonds is 6. The SMILES string of the molecule is CCCNC1(C(=O)O)CCC(N2CCC(N(C)C)C2)C1. The Kier molecular flexibility index (Phi) is 5.04. The summed E-state index contributed by atoms with van der Waals surface area (Å²) in [6.45, 7) is 5.06. The smallest absolute Gasteiger partial charge is 0.323 e. The van der Waals surface area contributed by atoms with Crippen molar-refractivity contribution in [2.24, 2.45) is 0 Å². The van der Waals surface area contributed by atoms with E-state index < -0.39 is 11.5 Å². The van der Waals surface area contributed by atoms with E-state index in [1.165, 1.54) is 6.42 Å². The third-order valence-corrected chi connectivity index (χ3v) is 5.05. The lowest BCUT2D eigenvalue weighted by Crippen LogP contribution is -2.51. The van der Waals surface area contributed by atoms with E-state index in [0.717, 1.165) is 45.3 Å². The molecule has 0 aromatic carbocycles. The number of carboxylic acids is 1. The minimum Gasteiger partial charge on any atom is -0.480 e. The van der Waals surface area contributed by atoms with Crippen LogP contribution in [-0.4, -0.2) is 72.2 Å². The lowest BCUT2D eigenvalue weighted by molar-refractivity contribution is -0.144. The largest absolute Gasteiger partial charge is 0.480 e. The first-order valence-electron chi connectivity index (χ1n) is 7.87. The van der Waals surface area contributed by atoms with Crippen molar-refractivity contribution in [3.8, 4) is 0 Å². The van der Waals surface area contributed by atoms with Crippen LogP contribution in [-0.2, 0) is 4.79 Å². The van der Waals surface area contributed by atoms with Crippen LogP contribution in [0.15, 0.2) is 0 Å². The highest BCUT2D eigenvalue weighted by molar-refractivity contribution is 5.79. The van der Waals surface area contributed by atoms with E-state index in [1.807, 2.05) is 0 Å². The van der Waals surface area contributed by atoms with Crippen LogP contribution < -0.4 is 5.32 Å². The molecule has 2 rings (SSSR count). The molecule has 2 N–H and O–H groups in total. The maximum atomic E-state index is 11.7. The van der Waals surface area contributed by atoms with Crippen LogP contribution in [0.1, 0.15) is 39.0 Å². The second-order valence-corrected chi connectivity index (χ2v) is 6.61. The van der Waals surface area contributed by atoms with E-state index in [0.29, 0.717) is 12.1 Å². The van der Waals surface area contributed by atoms with Gasteiger partial charge in [-0.05, 0) is 52.7 Å². The van der Waals surface area contributed by atoms with Gasteiger partial charge in [0.2, 0.25) is 0 Å². The average molecular weight is 283 g/mol. The zero-order valence-electron chi connectivity index (χ0n) is 13.1. The maximum Gasteiger partial charge on any atom is 0.323 e. The van der Waals surface area contributed by atoms with Gasteiger partial charge in [0, 0.05) is 25.2 Å². The van der Waals surface area contributed by atoms with Gasteiger partial charge in [-0.15, -0.1) is 0 Å². The molecule has 0 aromatic heterocycles. The van der Waals surface area contributed by atoms with Crippen molar-refractivity contribution in [3.05, 3.63) is 0 Å². The van der Waals surface area contributed by atoms with Gasteiger partial charge in [-0.1, -0.05) is 6.92 Å². The second-order valence-electron chi connectivity index (χ2n) is 6.61. The fourth-order valence-electron chi connectivity index (χ4n) is 3.65. The van der Waals surface area contributed by atoms with Crippen molar-refractivity contribution in [3.63, 3.8) is 0 Å². The number of aliphatic carboxylic acids is 1. The van der Waals surface area contributed by atoms with Crippen molar-refractivity contribution in [2.75, 3.05) is 33.7 Å². The predicted molar refractivity (Wildman–Crippen MR) is 80.0 cm³/mol. The molecule has 116 valence electrons. The first-order valence-corrected chi connectivity index (χ1v) is 7.87. The molecule has 0 aromatic rings. The van der Waals surface area contributed by atoms with E-state index in [-0.39, 0.29) is 0 Å². The van der Waals surface area contributed by atoms with Gasteiger partial charge in [0.25, 0.3) is 0 Å². The number of likely N-dealkylation sites (N-methyl/N-ethyl adjacent to an activating group) is 1. The quantitative estimate of drug-likeness (QED) is 0.761. The van der Waals surface area contributed by atoms with Crippen LogP contribution in [0.25, 0.3) is 0 Å². The molecule has 1 heterocycles. The van der Waals surface area contributed by atoms with E-state index in [4.69, 9.17) is 0 Å². The van der Waals surface area contributed by atoms with E-state index in [9.17, 15) is 9.90 Å². The summed E-state index contributed by atoms with van der Waals surface area (Å²) in [5.74, 6) is -0.670. The Balaban J connectivity index is 1.95. The number of hydrogen-bond donors (Lipinski definition) is 2. The Labute approximate surface area is 122 Å². The standard InChI is InChI=1S/C15H29N3O2/c1-4-8-16-15(14(19)20)7-5-12(10-15)18-9-6-13(11-18)17(2)3/h12-13,16H,4-11H2,1-3H3,(H,19,20). The van der Waals surface area contributed by atoms with E-state index in [1.54, 1.807) is 0 Å². The molecule has 0 bridgehead atoms. The molecule has 2 fully saturated rings. The summed E-state index contributed by atoms with van der Waals surface area (Å²) in [5.41, 5.74) is -0.684. The first-order chi connectivity index (χ1) is 9.48. The summed E-state index contributed by atoms with van der Waals surface area (Å²) in [6.07, 6.45) is 4.69. The number of carboxylic acid groups (broad SMARTS) is 1. The Bertz CT molecular complexity index is 348. The molecule has 0 spiro atoms. The monoisotopic (exact) mass is 283 g/mol. The fraction of sp³-hybridized carbons (Fsp3) is 0.933. The fourth-order valence-corrected chi connectivity index (χ4v) is 3.65. The number of carbonyl (C=O) groups is 1. The van der Waals surface area contributed by atoms with Crippen molar-refractivity contribution in [1.82, 2.24) is 15.1 Å². The molecular formula is C15H29N3O2. The minimum absolute atomic E-state index is 0.431. The molecular weight excluding hydrogens is 254 g/mol. The Morgan fingerprint density at radius 1 is 1.45 bits per heavy atom. The van der Waals surface area contributed by atoms with E-state index >= 15 is 0 Å². The van der Waals surface area contributed by atoms with Gasteiger partial charge in [-0.3, -0.25) is 9.69 Å². The van der Waals surface area contributed by atoms with Crippen LogP contribution >= 0.6 is 0 Å². The average Bonchev–Trinajstić information content (AvgIpc) is 3.03. The summed E-state index contributed by atoms with van der Waals surface area (Å²) in [6, 6.07) is 1.05. The third-order valence-electron chi connectivity index (χ3n) is 5.05. The Morgan fingerprint density at radius 3 is 2.75 bits per heavy atom. The van der Waals surface area contributed by atoms with Crippen molar-refractivity contribution in [2.45, 2.75) is 56.7 Å². The lowest BCUT2D eigenvalue weighted by Gasteiger charge is -2.29. The molecule has 0 radical (unpaired) electrons. The third kappa shape index (κ3) is 3.15. The van der Waals surface area contributed by atoms with Crippen molar-refractivity contribution in [1.29, 1.82) is 0 Å². The van der Waals surface area contributed by atoms with Crippen LogP contribution in [0.2, 0.25) is 0 Å². The minimum atomic E-state index is -0.684. The molecule has 1 aliphatic heterocycles. The summed E-state index contributed by atoms with van der Waals surface area (Å²) >= 11 is 0. The first kappa shape index (κ1) is 15.7. The van der Waals surface area contributed by atoms with Crippen LogP contribution in [0, 0.1) is 0 Å². The Hall–Kier alpha value is -0.650. The molecule has 1 saturated heterocycles. The lowest BCUT2D eigenvalue weighted by atomic mass is 9.97. The molecule has 0 amide bonds. The molecule has 20 heavy (non-hydrogen) atoms. The summed E-state index contributed by atoms with van der Waals surface area (Å²) in [4.78, 5) is 16.5. The van der Waals surface area contributed by atoms with Crippen LogP contribution in [0.4, 0.5) is 0 Å². The molecule has 3 unspecified atom stereocenters. The van der Waals surface area contributed by atoms with Gasteiger partial charge in [0.15, 0.2) is 0 Å². The zero-order valence-corrected chi connectivity index (χ0v) is 13.1. The van der Waals surface area contributed by atoms with Gasteiger partial charge >= 0.3 is 5.97 Å². The molecule has 5 heteroatoms. The maximum absolute atomic E-state index is 11.7. The summed E-state index contributed by atoms with van der Waals surface area (Å²) < 4.78 is 0. The second kappa shape index (κ2) is 6.41. The zero-order chi connectivity index (χ0) is 14.8. The van der Waals surface area contributed by atoms with Gasteiger partial charge < -0.3 is 15.3 Å². The Morgan fingerprint density at radius 2 is 2.20 bits per heavy atom. The highest BCUT2D eigenvalue weighted by atomic mass is 16.4. The summed E-state index contributed by atoms with van der Waals surface area (Å²) in [5, 5.41) is 12.9. The molecule has 1 aliphatic carbocycles. The van der Waals surface area contributed by atoms with Crippen molar-refractivity contribution >= 4 is 5.97 Å². The van der Waals surface area contributed by atoms with Gasteiger partial charge in [-0.2, -0.15) is 0 Å². The highest BCUT2D eigenvalue weighted by Gasteiger charge is 2.47. The summed E-state index contributed by atoms with van der Waals surface area (Å²) in [7, 11) is 4.26. The van der Waals surface area contributed by atoms with Crippen LogP contribution in [0.3, 0.4) is 0 Å². The molecule has 3 atom stereocenters. The van der Waals surface area contributed by atoms with Gasteiger partial charge in [0.1, 0.15) is 5.54 Å². The van der Waals surface area contributed by atoms with Crippen LogP contribution in [0.5, 0.6) is 0 Å². The predicted octanol–water partition coefficient (Wildman–Crippen LogP) is 0.998. The topological polar surface area (TPSA) is 55.8 Å². The van der Waals surface area contributed by atoms with Crippen molar-refractivity contribution < 1.29 is 9.90 Å². The number of likely N-dealkylation sites (tertiary alicyclic amines) is 1. The highest BCUT2D eigenvalue weighted by Crippen LogP contribution is 2.35. The normalized spacial score (nSPS) is 35.0. The number of hydrogen-bond acceptors (Lipinski definition) is 4. The number of nitrogens with zero attached hydrogens (tertiary/aromatic N) is 2. The van der Waals surface area contributed by atoms with E-state index in [2.05, 4.69) is 36.1 Å². The molecule has 5 nitrogen and oxygen atoms in total.